The summed E-state index contributed by atoms with van der Waals surface area (Å²) in [6.07, 6.45) is 3.78. The molecule has 0 aliphatic heterocycles. The molecule has 1 N–H and O–H groups in total. The highest BCUT2D eigenvalue weighted by molar-refractivity contribution is 5.77. The van der Waals surface area contributed by atoms with E-state index >= 15 is 0 Å². The van der Waals surface area contributed by atoms with Crippen molar-refractivity contribution in [3.63, 3.8) is 0 Å². The first-order chi connectivity index (χ1) is 6.33. The van der Waals surface area contributed by atoms with Gasteiger partial charge in [0.1, 0.15) is 5.82 Å². The first-order valence-electron chi connectivity index (χ1n) is 4.81. The Balaban J connectivity index is 2.35. The first-order valence-corrected chi connectivity index (χ1v) is 4.81. The van der Waals surface area contributed by atoms with E-state index in [2.05, 4.69) is 22.1 Å². The van der Waals surface area contributed by atoms with Gasteiger partial charge < -0.3 is 4.98 Å². The SMILES string of the molecule is Cc1nc2cc3c(cc2[nH]1)CCC3. The first kappa shape index (κ1) is 7.13. The summed E-state index contributed by atoms with van der Waals surface area (Å²) in [5, 5.41) is 0. The lowest BCUT2D eigenvalue weighted by atomic mass is 10.1. The Morgan fingerprint density at radius 1 is 1.23 bits per heavy atom. The molecule has 0 saturated carbocycles. The second-order valence-corrected chi connectivity index (χ2v) is 3.81. The Morgan fingerprint density at radius 3 is 2.85 bits per heavy atom. The summed E-state index contributed by atoms with van der Waals surface area (Å²) in [4.78, 5) is 7.71. The number of benzene rings is 1. The lowest BCUT2D eigenvalue weighted by Crippen LogP contribution is -1.81. The number of H-pyrrole nitrogens is 1. The Morgan fingerprint density at radius 2 is 2.00 bits per heavy atom. The van der Waals surface area contributed by atoms with Gasteiger partial charge in [0.25, 0.3) is 0 Å². The van der Waals surface area contributed by atoms with Crippen LogP contribution in [0.3, 0.4) is 0 Å². The largest absolute Gasteiger partial charge is 0.342 e. The lowest BCUT2D eigenvalue weighted by Gasteiger charge is -1.96. The highest BCUT2D eigenvalue weighted by Gasteiger charge is 2.12. The van der Waals surface area contributed by atoms with Gasteiger partial charge in [-0.15, -0.1) is 0 Å². The Kier molecular flexibility index (Phi) is 1.29. The lowest BCUT2D eigenvalue weighted by molar-refractivity contribution is 0.912. The van der Waals surface area contributed by atoms with Crippen molar-refractivity contribution in [2.24, 2.45) is 0 Å². The highest BCUT2D eigenvalue weighted by Crippen LogP contribution is 2.25. The third kappa shape index (κ3) is 0.981. The zero-order valence-corrected chi connectivity index (χ0v) is 7.72. The van der Waals surface area contributed by atoms with Gasteiger partial charge in [-0.05, 0) is 49.4 Å². The fourth-order valence-electron chi connectivity index (χ4n) is 2.21. The number of hydrogen-bond donors (Lipinski definition) is 1. The van der Waals surface area contributed by atoms with E-state index in [0.717, 1.165) is 11.3 Å². The highest BCUT2D eigenvalue weighted by atomic mass is 14.9. The molecule has 0 radical (unpaired) electrons. The van der Waals surface area contributed by atoms with Crippen LogP contribution in [-0.2, 0) is 12.8 Å². The standard InChI is InChI=1S/C11H12N2/c1-7-12-10-5-8-3-2-4-9(8)6-11(10)13-7/h5-6H,2-4H2,1H3,(H,12,13). The Hall–Kier alpha value is -1.31. The van der Waals surface area contributed by atoms with Crippen LogP contribution in [0.5, 0.6) is 0 Å². The van der Waals surface area contributed by atoms with Crippen LogP contribution in [0.15, 0.2) is 12.1 Å². The maximum absolute atomic E-state index is 4.44. The van der Waals surface area contributed by atoms with Gasteiger partial charge in [-0.1, -0.05) is 0 Å². The van der Waals surface area contributed by atoms with Crippen LogP contribution >= 0.6 is 0 Å². The van der Waals surface area contributed by atoms with E-state index < -0.39 is 0 Å². The molecule has 0 bridgehead atoms. The third-order valence-corrected chi connectivity index (χ3v) is 2.81. The fraction of sp³-hybridized carbons (Fsp3) is 0.364. The Bertz CT molecular complexity index is 427. The summed E-state index contributed by atoms with van der Waals surface area (Å²) in [5.74, 6) is 1.01. The number of aromatic amines is 1. The van der Waals surface area contributed by atoms with Gasteiger partial charge in [-0.2, -0.15) is 0 Å². The second kappa shape index (κ2) is 2.34. The molecule has 0 atom stereocenters. The molecule has 0 saturated heterocycles. The molecule has 1 aliphatic carbocycles. The molecule has 0 spiro atoms. The molecule has 1 aromatic heterocycles. The van der Waals surface area contributed by atoms with Crippen molar-refractivity contribution >= 4 is 11.0 Å². The predicted molar refractivity (Wildman–Crippen MR) is 52.9 cm³/mol. The van der Waals surface area contributed by atoms with Crippen molar-refractivity contribution in [2.45, 2.75) is 26.2 Å². The van der Waals surface area contributed by atoms with Crippen molar-refractivity contribution in [2.75, 3.05) is 0 Å². The molecule has 13 heavy (non-hydrogen) atoms. The van der Waals surface area contributed by atoms with Crippen LogP contribution in [0.4, 0.5) is 0 Å². The van der Waals surface area contributed by atoms with Crippen LogP contribution in [-0.4, -0.2) is 9.97 Å². The smallest absolute Gasteiger partial charge is 0.104 e. The van der Waals surface area contributed by atoms with E-state index in [1.165, 1.54) is 35.9 Å². The second-order valence-electron chi connectivity index (χ2n) is 3.81. The van der Waals surface area contributed by atoms with E-state index in [1.807, 2.05) is 6.92 Å². The average Bonchev–Trinajstić information content (AvgIpc) is 2.63. The molecule has 0 unspecified atom stereocenters. The van der Waals surface area contributed by atoms with Gasteiger partial charge in [0, 0.05) is 0 Å². The zero-order chi connectivity index (χ0) is 8.84. The average molecular weight is 172 g/mol. The van der Waals surface area contributed by atoms with Crippen LogP contribution in [0.25, 0.3) is 11.0 Å². The number of nitrogens with zero attached hydrogens (tertiary/aromatic N) is 1. The van der Waals surface area contributed by atoms with Crippen LogP contribution < -0.4 is 0 Å². The number of fused-ring (bicyclic) bond motifs is 2. The molecule has 2 aromatic rings. The number of aryl methyl sites for hydroxylation is 3. The van der Waals surface area contributed by atoms with Crippen molar-refractivity contribution in [3.05, 3.63) is 29.1 Å². The third-order valence-electron chi connectivity index (χ3n) is 2.81. The topological polar surface area (TPSA) is 28.7 Å². The minimum absolute atomic E-state index is 1.01. The van der Waals surface area contributed by atoms with Gasteiger partial charge >= 0.3 is 0 Å². The minimum Gasteiger partial charge on any atom is -0.342 e. The molecule has 3 rings (SSSR count). The quantitative estimate of drug-likeness (QED) is 0.649. The molecular formula is C11H12N2. The maximum Gasteiger partial charge on any atom is 0.104 e. The van der Waals surface area contributed by atoms with Crippen LogP contribution in [0, 0.1) is 6.92 Å². The van der Waals surface area contributed by atoms with Gasteiger partial charge in [-0.3, -0.25) is 0 Å². The summed E-state index contributed by atoms with van der Waals surface area (Å²) in [6.45, 7) is 2.01. The fourth-order valence-corrected chi connectivity index (χ4v) is 2.21. The molecule has 0 amide bonds. The summed E-state index contributed by atoms with van der Waals surface area (Å²) < 4.78 is 0. The van der Waals surface area contributed by atoms with Gasteiger partial charge in [0.15, 0.2) is 0 Å². The maximum atomic E-state index is 4.44. The predicted octanol–water partition coefficient (Wildman–Crippen LogP) is 2.36. The van der Waals surface area contributed by atoms with E-state index in [9.17, 15) is 0 Å². The zero-order valence-electron chi connectivity index (χ0n) is 7.72. The summed E-state index contributed by atoms with van der Waals surface area (Å²) in [5.41, 5.74) is 5.33. The number of hydrogen-bond acceptors (Lipinski definition) is 1. The van der Waals surface area contributed by atoms with Gasteiger partial charge in [-0.25, -0.2) is 4.98 Å². The van der Waals surface area contributed by atoms with E-state index in [4.69, 9.17) is 0 Å². The van der Waals surface area contributed by atoms with Crippen molar-refractivity contribution in [3.8, 4) is 0 Å². The van der Waals surface area contributed by atoms with Crippen molar-refractivity contribution in [1.82, 2.24) is 9.97 Å². The van der Waals surface area contributed by atoms with Crippen molar-refractivity contribution < 1.29 is 0 Å². The van der Waals surface area contributed by atoms with Crippen molar-refractivity contribution in [1.29, 1.82) is 0 Å². The molecule has 1 heterocycles. The summed E-state index contributed by atoms with van der Waals surface area (Å²) in [7, 11) is 0. The molecule has 0 fully saturated rings. The molecule has 66 valence electrons. The molecule has 2 nitrogen and oxygen atoms in total. The summed E-state index contributed by atoms with van der Waals surface area (Å²) >= 11 is 0. The number of nitrogens with one attached hydrogen (secondary N) is 1. The number of rotatable bonds is 0. The normalized spacial score (nSPS) is 15.2. The molecule has 1 aromatic carbocycles. The van der Waals surface area contributed by atoms with E-state index in [1.54, 1.807) is 0 Å². The molecular weight excluding hydrogens is 160 g/mol. The molecule has 2 heteroatoms. The summed E-state index contributed by atoms with van der Waals surface area (Å²) in [6, 6.07) is 4.50. The van der Waals surface area contributed by atoms with Crippen LogP contribution in [0.2, 0.25) is 0 Å². The monoisotopic (exact) mass is 172 g/mol. The minimum atomic E-state index is 1.01. The molecule has 1 aliphatic rings. The van der Waals surface area contributed by atoms with E-state index in [0.29, 0.717) is 0 Å². The Labute approximate surface area is 77.0 Å². The van der Waals surface area contributed by atoms with Gasteiger partial charge in [0.05, 0.1) is 11.0 Å². The number of imidazole rings is 1. The van der Waals surface area contributed by atoms with E-state index in [-0.39, 0.29) is 0 Å². The van der Waals surface area contributed by atoms with Gasteiger partial charge in [0.2, 0.25) is 0 Å². The van der Waals surface area contributed by atoms with Crippen LogP contribution in [0.1, 0.15) is 23.4 Å². The number of aromatic nitrogens is 2.